The van der Waals surface area contributed by atoms with E-state index >= 15 is 0 Å². The normalized spacial score (nSPS) is 9.76. The molecule has 0 saturated heterocycles. The van der Waals surface area contributed by atoms with Gasteiger partial charge in [0.1, 0.15) is 5.75 Å². The number of methoxy groups -OCH3 is 1. The van der Waals surface area contributed by atoms with E-state index in [1.807, 2.05) is 0 Å². The van der Waals surface area contributed by atoms with E-state index in [1.165, 1.54) is 13.2 Å². The number of hydroxylamine groups is 1. The molecule has 0 aromatic heterocycles. The molecule has 0 bridgehead atoms. The predicted octanol–water partition coefficient (Wildman–Crippen LogP) is 0.495. The molecule has 1 aromatic carbocycles. The first-order valence-corrected chi connectivity index (χ1v) is 4.96. The molecule has 0 aliphatic carbocycles. The number of amides is 2. The summed E-state index contributed by atoms with van der Waals surface area (Å²) in [5.41, 5.74) is 7.09. The molecule has 17 heavy (non-hydrogen) atoms. The van der Waals surface area contributed by atoms with Crippen LogP contribution in [0.15, 0.2) is 18.2 Å². The molecule has 0 aliphatic heterocycles. The number of carbonyl (C=O) groups excluding carboxylic acids is 2. The van der Waals surface area contributed by atoms with Crippen molar-refractivity contribution in [2.75, 3.05) is 13.7 Å². The molecule has 0 atom stereocenters. The second-order valence-corrected chi connectivity index (χ2v) is 3.47. The van der Waals surface area contributed by atoms with Crippen LogP contribution in [0.5, 0.6) is 5.75 Å². The molecule has 3 N–H and O–H groups in total. The largest absolute Gasteiger partial charge is 0.496 e. The van der Waals surface area contributed by atoms with Crippen molar-refractivity contribution >= 4 is 23.4 Å². The molecule has 1 rings (SSSR count). The lowest BCUT2D eigenvalue weighted by Gasteiger charge is -2.08. The third-order valence-corrected chi connectivity index (χ3v) is 2.02. The van der Waals surface area contributed by atoms with Gasteiger partial charge in [0.15, 0.2) is 6.61 Å². The molecular weight excluding hydrogens is 248 g/mol. The Morgan fingerprint density at radius 1 is 1.47 bits per heavy atom. The van der Waals surface area contributed by atoms with Crippen molar-refractivity contribution in [1.82, 2.24) is 5.48 Å². The zero-order valence-corrected chi connectivity index (χ0v) is 9.78. The molecule has 0 heterocycles. The molecule has 0 radical (unpaired) electrons. The van der Waals surface area contributed by atoms with Gasteiger partial charge in [0.2, 0.25) is 5.91 Å². The molecule has 0 aliphatic rings. The van der Waals surface area contributed by atoms with Crippen LogP contribution in [0.25, 0.3) is 0 Å². The Kier molecular flexibility index (Phi) is 4.74. The predicted molar refractivity (Wildman–Crippen MR) is 60.6 cm³/mol. The Labute approximate surface area is 103 Å². The van der Waals surface area contributed by atoms with Crippen LogP contribution in [0, 0.1) is 0 Å². The lowest BCUT2D eigenvalue weighted by Crippen LogP contribution is -2.29. The number of rotatable bonds is 5. The second kappa shape index (κ2) is 6.07. The summed E-state index contributed by atoms with van der Waals surface area (Å²) in [6.07, 6.45) is 0. The first-order valence-electron chi connectivity index (χ1n) is 4.58. The van der Waals surface area contributed by atoms with Crippen molar-refractivity contribution in [2.45, 2.75) is 0 Å². The first kappa shape index (κ1) is 13.3. The van der Waals surface area contributed by atoms with Crippen LogP contribution < -0.4 is 16.0 Å². The summed E-state index contributed by atoms with van der Waals surface area (Å²) >= 11 is 5.75. The Balaban J connectivity index is 2.73. The van der Waals surface area contributed by atoms with Crippen LogP contribution in [0.1, 0.15) is 10.4 Å². The molecule has 7 heteroatoms. The standard InChI is InChI=1S/C10H11ClN2O4/c1-16-8-3-2-6(11)4-7(8)10(15)13-17-5-9(12)14/h2-4H,5H2,1H3,(H2,12,14)(H,13,15). The SMILES string of the molecule is COc1ccc(Cl)cc1C(=O)NOCC(N)=O. The van der Waals surface area contributed by atoms with Crippen LogP contribution in [-0.2, 0) is 9.63 Å². The van der Waals surface area contributed by atoms with E-state index in [-0.39, 0.29) is 5.56 Å². The molecule has 0 saturated carbocycles. The zero-order chi connectivity index (χ0) is 12.8. The van der Waals surface area contributed by atoms with Gasteiger partial charge in [0.25, 0.3) is 5.91 Å². The van der Waals surface area contributed by atoms with Crippen LogP contribution in [0.2, 0.25) is 5.02 Å². The van der Waals surface area contributed by atoms with Gasteiger partial charge in [-0.1, -0.05) is 11.6 Å². The lowest BCUT2D eigenvalue weighted by molar-refractivity contribution is -0.124. The number of benzene rings is 1. The smallest absolute Gasteiger partial charge is 0.278 e. The third kappa shape index (κ3) is 3.93. The van der Waals surface area contributed by atoms with Gasteiger partial charge >= 0.3 is 0 Å². The van der Waals surface area contributed by atoms with Gasteiger partial charge in [-0.15, -0.1) is 0 Å². The Bertz CT molecular complexity index is 436. The molecular formula is C10H11ClN2O4. The lowest BCUT2D eigenvalue weighted by atomic mass is 10.2. The maximum atomic E-state index is 11.6. The monoisotopic (exact) mass is 258 g/mol. The summed E-state index contributed by atoms with van der Waals surface area (Å²) < 4.78 is 4.98. The summed E-state index contributed by atoms with van der Waals surface area (Å²) in [5.74, 6) is -0.927. The summed E-state index contributed by atoms with van der Waals surface area (Å²) in [4.78, 5) is 26.6. The molecule has 6 nitrogen and oxygen atoms in total. The number of nitrogens with one attached hydrogen (secondary N) is 1. The number of hydrogen-bond donors (Lipinski definition) is 2. The minimum Gasteiger partial charge on any atom is -0.496 e. The van der Waals surface area contributed by atoms with Gasteiger partial charge in [-0.25, -0.2) is 5.48 Å². The number of carbonyl (C=O) groups is 2. The average molecular weight is 259 g/mol. The first-order chi connectivity index (χ1) is 8.04. The van der Waals surface area contributed by atoms with Gasteiger partial charge in [0.05, 0.1) is 12.7 Å². The van der Waals surface area contributed by atoms with Crippen molar-refractivity contribution in [2.24, 2.45) is 5.73 Å². The number of primary amides is 1. The van der Waals surface area contributed by atoms with Crippen LogP contribution in [0.3, 0.4) is 0 Å². The topological polar surface area (TPSA) is 90.7 Å². The highest BCUT2D eigenvalue weighted by Crippen LogP contribution is 2.22. The quantitative estimate of drug-likeness (QED) is 0.752. The van der Waals surface area contributed by atoms with Gasteiger partial charge in [-0.05, 0) is 18.2 Å². The minimum atomic E-state index is -0.691. The summed E-state index contributed by atoms with van der Waals surface area (Å²) in [6.45, 7) is -0.408. The molecule has 92 valence electrons. The molecule has 2 amide bonds. The van der Waals surface area contributed by atoms with E-state index in [2.05, 4.69) is 10.3 Å². The number of hydrogen-bond acceptors (Lipinski definition) is 4. The van der Waals surface area contributed by atoms with E-state index < -0.39 is 18.4 Å². The van der Waals surface area contributed by atoms with E-state index in [1.54, 1.807) is 12.1 Å². The molecule has 0 fully saturated rings. The summed E-state index contributed by atoms with van der Waals surface area (Å²) in [6, 6.07) is 4.55. The molecule has 1 aromatic rings. The molecule has 0 unspecified atom stereocenters. The zero-order valence-electron chi connectivity index (χ0n) is 9.03. The minimum absolute atomic E-state index is 0.199. The number of halogens is 1. The van der Waals surface area contributed by atoms with E-state index in [0.717, 1.165) is 0 Å². The molecule has 0 spiro atoms. The Hall–Kier alpha value is -1.79. The fourth-order valence-electron chi connectivity index (χ4n) is 1.09. The second-order valence-electron chi connectivity index (χ2n) is 3.03. The van der Waals surface area contributed by atoms with Crippen LogP contribution in [-0.4, -0.2) is 25.5 Å². The summed E-state index contributed by atoms with van der Waals surface area (Å²) in [5, 5.41) is 0.380. The van der Waals surface area contributed by atoms with Crippen molar-refractivity contribution in [3.8, 4) is 5.75 Å². The van der Waals surface area contributed by atoms with Crippen molar-refractivity contribution in [3.63, 3.8) is 0 Å². The van der Waals surface area contributed by atoms with Gasteiger partial charge in [-0.2, -0.15) is 0 Å². The van der Waals surface area contributed by atoms with Crippen molar-refractivity contribution in [3.05, 3.63) is 28.8 Å². The number of nitrogens with two attached hydrogens (primary N) is 1. The van der Waals surface area contributed by atoms with Crippen LogP contribution >= 0.6 is 11.6 Å². The highest BCUT2D eigenvalue weighted by molar-refractivity contribution is 6.31. The fraction of sp³-hybridized carbons (Fsp3) is 0.200. The average Bonchev–Trinajstić information content (AvgIpc) is 2.28. The maximum Gasteiger partial charge on any atom is 0.278 e. The van der Waals surface area contributed by atoms with Gasteiger partial charge < -0.3 is 10.5 Å². The summed E-state index contributed by atoms with van der Waals surface area (Å²) in [7, 11) is 1.42. The van der Waals surface area contributed by atoms with Crippen LogP contribution in [0.4, 0.5) is 0 Å². The van der Waals surface area contributed by atoms with Crippen molar-refractivity contribution in [1.29, 1.82) is 0 Å². The third-order valence-electron chi connectivity index (χ3n) is 1.79. The Morgan fingerprint density at radius 2 is 2.18 bits per heavy atom. The van der Waals surface area contributed by atoms with Gasteiger partial charge in [0, 0.05) is 5.02 Å². The van der Waals surface area contributed by atoms with E-state index in [0.29, 0.717) is 10.8 Å². The van der Waals surface area contributed by atoms with Crippen molar-refractivity contribution < 1.29 is 19.2 Å². The maximum absolute atomic E-state index is 11.6. The van der Waals surface area contributed by atoms with E-state index in [9.17, 15) is 9.59 Å². The Morgan fingerprint density at radius 3 is 2.76 bits per heavy atom. The highest BCUT2D eigenvalue weighted by atomic mass is 35.5. The fourth-order valence-corrected chi connectivity index (χ4v) is 1.26. The highest BCUT2D eigenvalue weighted by Gasteiger charge is 2.13. The van der Waals surface area contributed by atoms with E-state index in [4.69, 9.17) is 22.1 Å². The number of ether oxygens (including phenoxy) is 1. The van der Waals surface area contributed by atoms with Gasteiger partial charge in [-0.3, -0.25) is 14.4 Å².